The molecule has 0 spiro atoms. The van der Waals surface area contributed by atoms with Gasteiger partial charge in [-0.15, -0.1) is 0 Å². The Labute approximate surface area is 182 Å². The van der Waals surface area contributed by atoms with Crippen molar-refractivity contribution in [2.24, 2.45) is 5.92 Å². The fraction of sp³-hybridized carbons (Fsp3) is 0.381. The van der Waals surface area contributed by atoms with Crippen molar-refractivity contribution in [3.05, 3.63) is 53.1 Å². The first-order chi connectivity index (χ1) is 14.4. The van der Waals surface area contributed by atoms with Gasteiger partial charge in [0, 0.05) is 18.1 Å². The van der Waals surface area contributed by atoms with Gasteiger partial charge in [-0.1, -0.05) is 17.7 Å². The van der Waals surface area contributed by atoms with E-state index >= 15 is 0 Å². The fourth-order valence-electron chi connectivity index (χ4n) is 3.55. The van der Waals surface area contributed by atoms with Gasteiger partial charge in [-0.05, 0) is 49.2 Å². The van der Waals surface area contributed by atoms with Gasteiger partial charge in [-0.25, -0.2) is 8.42 Å². The van der Waals surface area contributed by atoms with E-state index in [1.54, 1.807) is 38.5 Å². The molecule has 1 atom stereocenters. The molecule has 1 unspecified atom stereocenters. The van der Waals surface area contributed by atoms with E-state index in [1.807, 2.05) is 6.07 Å². The Morgan fingerprint density at radius 1 is 1.13 bits per heavy atom. The maximum atomic E-state index is 12.9. The van der Waals surface area contributed by atoms with E-state index in [0.29, 0.717) is 35.9 Å². The minimum absolute atomic E-state index is 0.139. The molecule has 2 aromatic rings. The van der Waals surface area contributed by atoms with Crippen molar-refractivity contribution < 1.29 is 22.7 Å². The van der Waals surface area contributed by atoms with Gasteiger partial charge >= 0.3 is 0 Å². The predicted molar refractivity (Wildman–Crippen MR) is 114 cm³/mol. The SMILES string of the molecule is COc1cccc(OC)c1CNC(=O)C1CCCN(S(=O)(=O)c2ccc(Cl)cc2)C1. The van der Waals surface area contributed by atoms with Gasteiger partial charge in [0.05, 0.1) is 37.1 Å². The fourth-order valence-corrected chi connectivity index (χ4v) is 5.20. The highest BCUT2D eigenvalue weighted by Gasteiger charge is 2.33. The third kappa shape index (κ3) is 4.88. The molecule has 0 aliphatic carbocycles. The lowest BCUT2D eigenvalue weighted by Gasteiger charge is -2.31. The first-order valence-corrected chi connectivity index (χ1v) is 11.4. The summed E-state index contributed by atoms with van der Waals surface area (Å²) in [6.07, 6.45) is 1.24. The number of ether oxygens (including phenoxy) is 2. The highest BCUT2D eigenvalue weighted by molar-refractivity contribution is 7.89. The van der Waals surface area contributed by atoms with Crippen LogP contribution in [0.5, 0.6) is 11.5 Å². The minimum atomic E-state index is -3.68. The number of sulfonamides is 1. The maximum absolute atomic E-state index is 12.9. The van der Waals surface area contributed by atoms with Crippen LogP contribution in [0, 0.1) is 5.92 Å². The molecule has 0 aromatic heterocycles. The van der Waals surface area contributed by atoms with Crippen LogP contribution in [-0.4, -0.2) is 45.9 Å². The van der Waals surface area contributed by atoms with Crippen LogP contribution in [0.25, 0.3) is 0 Å². The normalized spacial score (nSPS) is 17.4. The van der Waals surface area contributed by atoms with E-state index in [2.05, 4.69) is 5.32 Å². The smallest absolute Gasteiger partial charge is 0.243 e. The Bertz CT molecular complexity index is 973. The van der Waals surface area contributed by atoms with Gasteiger partial charge in [0.2, 0.25) is 15.9 Å². The van der Waals surface area contributed by atoms with Crippen LogP contribution in [-0.2, 0) is 21.4 Å². The molecule has 1 amide bonds. The Morgan fingerprint density at radius 2 is 1.77 bits per heavy atom. The number of benzene rings is 2. The number of carbonyl (C=O) groups excluding carboxylic acids is 1. The summed E-state index contributed by atoms with van der Waals surface area (Å²) in [6.45, 7) is 0.751. The Morgan fingerprint density at radius 3 is 2.37 bits per heavy atom. The van der Waals surface area contributed by atoms with E-state index in [9.17, 15) is 13.2 Å². The molecule has 1 aliphatic heterocycles. The molecule has 0 radical (unpaired) electrons. The zero-order valence-electron chi connectivity index (χ0n) is 16.9. The number of amides is 1. The lowest BCUT2D eigenvalue weighted by molar-refractivity contribution is -0.126. The molecule has 3 rings (SSSR count). The van der Waals surface area contributed by atoms with Crippen molar-refractivity contribution in [1.29, 1.82) is 0 Å². The number of nitrogens with zero attached hydrogens (tertiary/aromatic N) is 1. The van der Waals surface area contributed by atoms with Crippen molar-refractivity contribution in [3.8, 4) is 11.5 Å². The number of methoxy groups -OCH3 is 2. The van der Waals surface area contributed by atoms with Crippen LogP contribution >= 0.6 is 11.6 Å². The van der Waals surface area contributed by atoms with Crippen molar-refractivity contribution >= 4 is 27.5 Å². The number of piperidine rings is 1. The highest BCUT2D eigenvalue weighted by Crippen LogP contribution is 2.29. The standard InChI is InChI=1S/C21H25ClN2O5S/c1-28-19-6-3-7-20(29-2)18(19)13-23-21(25)15-5-4-12-24(14-15)30(26,27)17-10-8-16(22)9-11-17/h3,6-11,15H,4-5,12-14H2,1-2H3,(H,23,25). The Hall–Kier alpha value is -2.29. The summed E-state index contributed by atoms with van der Waals surface area (Å²) in [5.41, 5.74) is 0.734. The van der Waals surface area contributed by atoms with Crippen molar-refractivity contribution in [3.63, 3.8) is 0 Å². The predicted octanol–water partition coefficient (Wildman–Crippen LogP) is 3.07. The summed E-state index contributed by atoms with van der Waals surface area (Å²) < 4.78 is 37.9. The number of carbonyl (C=O) groups is 1. The number of halogens is 1. The van der Waals surface area contributed by atoms with Crippen LogP contribution in [0.15, 0.2) is 47.4 Å². The molecule has 1 N–H and O–H groups in total. The minimum Gasteiger partial charge on any atom is -0.496 e. The molecule has 1 fully saturated rings. The summed E-state index contributed by atoms with van der Waals surface area (Å²) >= 11 is 5.86. The monoisotopic (exact) mass is 452 g/mol. The van der Waals surface area contributed by atoms with Crippen molar-refractivity contribution in [1.82, 2.24) is 9.62 Å². The van der Waals surface area contributed by atoms with E-state index < -0.39 is 15.9 Å². The molecule has 1 aliphatic rings. The summed E-state index contributed by atoms with van der Waals surface area (Å²) in [4.78, 5) is 13.0. The van der Waals surface area contributed by atoms with E-state index in [0.717, 1.165) is 5.56 Å². The van der Waals surface area contributed by atoms with E-state index in [1.165, 1.54) is 16.4 Å². The van der Waals surface area contributed by atoms with Gasteiger partial charge in [-0.3, -0.25) is 4.79 Å². The Balaban J connectivity index is 1.69. The second-order valence-corrected chi connectivity index (χ2v) is 9.39. The molecule has 162 valence electrons. The number of rotatable bonds is 7. The molecule has 7 nitrogen and oxygen atoms in total. The quantitative estimate of drug-likeness (QED) is 0.697. The lowest BCUT2D eigenvalue weighted by atomic mass is 9.98. The molecular weight excluding hydrogens is 428 g/mol. The largest absolute Gasteiger partial charge is 0.496 e. The third-order valence-electron chi connectivity index (χ3n) is 5.18. The van der Waals surface area contributed by atoms with Crippen LogP contribution in [0.3, 0.4) is 0 Å². The van der Waals surface area contributed by atoms with Gasteiger partial charge in [0.25, 0.3) is 0 Å². The lowest BCUT2D eigenvalue weighted by Crippen LogP contribution is -2.45. The molecule has 1 saturated heterocycles. The third-order valence-corrected chi connectivity index (χ3v) is 7.31. The topological polar surface area (TPSA) is 84.9 Å². The Kier molecular flexibility index (Phi) is 7.23. The van der Waals surface area contributed by atoms with Crippen LogP contribution < -0.4 is 14.8 Å². The summed E-state index contributed by atoms with van der Waals surface area (Å²) in [5, 5.41) is 3.37. The van der Waals surface area contributed by atoms with E-state index in [-0.39, 0.29) is 23.9 Å². The summed E-state index contributed by atoms with van der Waals surface area (Å²) in [6, 6.07) is 11.5. The molecule has 9 heteroatoms. The second kappa shape index (κ2) is 9.68. The average Bonchev–Trinajstić information content (AvgIpc) is 2.77. The van der Waals surface area contributed by atoms with Gasteiger partial charge < -0.3 is 14.8 Å². The van der Waals surface area contributed by atoms with Crippen LogP contribution in [0.2, 0.25) is 5.02 Å². The zero-order valence-corrected chi connectivity index (χ0v) is 18.5. The van der Waals surface area contributed by atoms with Gasteiger partial charge in [-0.2, -0.15) is 4.31 Å². The van der Waals surface area contributed by atoms with Gasteiger partial charge in [0.15, 0.2) is 0 Å². The average molecular weight is 453 g/mol. The van der Waals surface area contributed by atoms with E-state index in [4.69, 9.17) is 21.1 Å². The first kappa shape index (κ1) is 22.4. The van der Waals surface area contributed by atoms with Crippen LogP contribution in [0.4, 0.5) is 0 Å². The van der Waals surface area contributed by atoms with Crippen molar-refractivity contribution in [2.45, 2.75) is 24.3 Å². The molecule has 0 saturated carbocycles. The molecule has 30 heavy (non-hydrogen) atoms. The summed E-state index contributed by atoms with van der Waals surface area (Å²) in [5.74, 6) is 0.607. The van der Waals surface area contributed by atoms with Gasteiger partial charge in [0.1, 0.15) is 11.5 Å². The maximum Gasteiger partial charge on any atom is 0.243 e. The molecular formula is C21H25ClN2O5S. The van der Waals surface area contributed by atoms with Crippen LogP contribution in [0.1, 0.15) is 18.4 Å². The second-order valence-electron chi connectivity index (χ2n) is 7.02. The number of hydrogen-bond donors (Lipinski definition) is 1. The highest BCUT2D eigenvalue weighted by atomic mass is 35.5. The molecule has 0 bridgehead atoms. The number of nitrogens with one attached hydrogen (secondary N) is 1. The zero-order chi connectivity index (χ0) is 21.7. The summed E-state index contributed by atoms with van der Waals surface area (Å²) in [7, 11) is -0.566. The first-order valence-electron chi connectivity index (χ1n) is 9.60. The molecule has 1 heterocycles. The van der Waals surface area contributed by atoms with Crippen molar-refractivity contribution in [2.75, 3.05) is 27.3 Å². The molecule has 2 aromatic carbocycles. The number of hydrogen-bond acceptors (Lipinski definition) is 5.